The molecule has 6 nitrogen and oxygen atoms in total. The molecule has 0 unspecified atom stereocenters. The summed E-state index contributed by atoms with van der Waals surface area (Å²) >= 11 is 0. The van der Waals surface area contributed by atoms with Gasteiger partial charge in [0.15, 0.2) is 5.84 Å². The van der Waals surface area contributed by atoms with Crippen LogP contribution in [0, 0.1) is 0 Å². The number of amidine groups is 1. The van der Waals surface area contributed by atoms with E-state index in [9.17, 15) is 4.57 Å². The Labute approximate surface area is 90.0 Å². The highest BCUT2D eigenvalue weighted by molar-refractivity contribution is 7.54. The molecule has 3 N–H and O–H groups in total. The molecule has 0 aromatic rings. The Balaban J connectivity index is 4.33. The Morgan fingerprint density at radius 1 is 1.33 bits per heavy atom. The van der Waals surface area contributed by atoms with Crippen molar-refractivity contribution < 1.29 is 18.8 Å². The third-order valence-electron chi connectivity index (χ3n) is 1.47. The van der Waals surface area contributed by atoms with Crippen LogP contribution in [-0.4, -0.2) is 30.4 Å². The molecule has 0 amide bonds. The first-order valence-electron chi connectivity index (χ1n) is 4.92. The van der Waals surface area contributed by atoms with Crippen molar-refractivity contribution in [2.45, 2.75) is 26.7 Å². The van der Waals surface area contributed by atoms with Gasteiger partial charge >= 0.3 is 7.60 Å². The zero-order valence-corrected chi connectivity index (χ0v) is 10.1. The van der Waals surface area contributed by atoms with Crippen molar-refractivity contribution in [2.24, 2.45) is 10.9 Å². The predicted molar refractivity (Wildman–Crippen MR) is 58.4 cm³/mol. The van der Waals surface area contributed by atoms with E-state index in [2.05, 4.69) is 5.16 Å². The van der Waals surface area contributed by atoms with Gasteiger partial charge in [-0.1, -0.05) is 19.0 Å². The minimum Gasteiger partial charge on any atom is -0.409 e. The van der Waals surface area contributed by atoms with Gasteiger partial charge in [0.1, 0.15) is 6.16 Å². The van der Waals surface area contributed by atoms with Crippen molar-refractivity contribution in [1.29, 1.82) is 0 Å². The fourth-order valence-electron chi connectivity index (χ4n) is 0.819. The Morgan fingerprint density at radius 2 is 1.80 bits per heavy atom. The van der Waals surface area contributed by atoms with Gasteiger partial charge in [-0.2, -0.15) is 0 Å². The monoisotopic (exact) mass is 238 g/mol. The summed E-state index contributed by atoms with van der Waals surface area (Å²) in [4.78, 5) is 0. The molecule has 0 fully saturated rings. The zero-order chi connectivity index (χ0) is 11.7. The van der Waals surface area contributed by atoms with Gasteiger partial charge in [-0.3, -0.25) is 4.57 Å². The lowest BCUT2D eigenvalue weighted by Gasteiger charge is -2.17. The second-order valence-corrected chi connectivity index (χ2v) is 5.08. The third kappa shape index (κ3) is 6.49. The number of hydrogen-bond acceptors (Lipinski definition) is 5. The highest BCUT2D eigenvalue weighted by Crippen LogP contribution is 2.47. The molecule has 0 atom stereocenters. The molecule has 0 aromatic carbocycles. The van der Waals surface area contributed by atoms with Gasteiger partial charge in [0.2, 0.25) is 0 Å². The Bertz CT molecular complexity index is 233. The van der Waals surface area contributed by atoms with Crippen LogP contribution in [0.3, 0.4) is 0 Å². The van der Waals surface area contributed by atoms with Crippen LogP contribution < -0.4 is 5.73 Å². The Morgan fingerprint density at radius 3 is 2.13 bits per heavy atom. The first-order chi connectivity index (χ1) is 7.08. The lowest BCUT2D eigenvalue weighted by Crippen LogP contribution is -2.19. The summed E-state index contributed by atoms with van der Waals surface area (Å²) in [5, 5.41) is 11.1. The van der Waals surface area contributed by atoms with Crippen molar-refractivity contribution in [3.05, 3.63) is 0 Å². The van der Waals surface area contributed by atoms with Gasteiger partial charge in [-0.05, 0) is 12.8 Å². The van der Waals surface area contributed by atoms with E-state index in [4.69, 9.17) is 20.0 Å². The predicted octanol–water partition coefficient (Wildman–Crippen LogP) is 1.78. The van der Waals surface area contributed by atoms with E-state index in [0.717, 1.165) is 12.8 Å². The van der Waals surface area contributed by atoms with E-state index in [0.29, 0.717) is 13.2 Å². The van der Waals surface area contributed by atoms with Gasteiger partial charge < -0.3 is 20.0 Å². The van der Waals surface area contributed by atoms with Gasteiger partial charge in [0.25, 0.3) is 0 Å². The van der Waals surface area contributed by atoms with E-state index in [-0.39, 0.29) is 12.0 Å². The SMILES string of the molecule is CCCOP(=O)(CC(N)=NO)OCCC. The molecule has 0 saturated carbocycles. The van der Waals surface area contributed by atoms with Gasteiger partial charge in [0.05, 0.1) is 13.2 Å². The summed E-state index contributed by atoms with van der Waals surface area (Å²) in [6.07, 6.45) is 1.29. The van der Waals surface area contributed by atoms with Crippen LogP contribution >= 0.6 is 7.60 Å². The molecule has 0 spiro atoms. The lowest BCUT2D eigenvalue weighted by atomic mass is 10.5. The van der Waals surface area contributed by atoms with Crippen LogP contribution in [0.25, 0.3) is 0 Å². The van der Waals surface area contributed by atoms with E-state index < -0.39 is 7.60 Å². The minimum atomic E-state index is -3.24. The summed E-state index contributed by atoms with van der Waals surface area (Å²) in [7, 11) is -3.24. The molecule has 0 rings (SSSR count). The zero-order valence-electron chi connectivity index (χ0n) is 9.18. The van der Waals surface area contributed by atoms with E-state index >= 15 is 0 Å². The molecule has 0 aromatic heterocycles. The van der Waals surface area contributed by atoms with Gasteiger partial charge in [-0.15, -0.1) is 0 Å². The quantitative estimate of drug-likeness (QED) is 0.221. The van der Waals surface area contributed by atoms with Gasteiger partial charge in [0, 0.05) is 0 Å². The van der Waals surface area contributed by atoms with Crippen LogP contribution in [0.5, 0.6) is 0 Å². The van der Waals surface area contributed by atoms with E-state index in [1.54, 1.807) is 0 Å². The second-order valence-electron chi connectivity index (χ2n) is 3.03. The first kappa shape index (κ1) is 14.4. The Kier molecular flexibility index (Phi) is 7.38. The van der Waals surface area contributed by atoms with Crippen LogP contribution in [0.2, 0.25) is 0 Å². The van der Waals surface area contributed by atoms with Crippen molar-refractivity contribution >= 4 is 13.4 Å². The average Bonchev–Trinajstić information content (AvgIpc) is 2.23. The molecule has 90 valence electrons. The van der Waals surface area contributed by atoms with Gasteiger partial charge in [-0.25, -0.2) is 0 Å². The van der Waals surface area contributed by atoms with Crippen LogP contribution in [0.1, 0.15) is 26.7 Å². The number of nitrogens with zero attached hydrogens (tertiary/aromatic N) is 1. The highest BCUT2D eigenvalue weighted by atomic mass is 31.2. The second kappa shape index (κ2) is 7.68. The molecule has 0 saturated heterocycles. The largest absolute Gasteiger partial charge is 0.409 e. The maximum Gasteiger partial charge on any atom is 0.338 e. The highest BCUT2D eigenvalue weighted by Gasteiger charge is 2.26. The maximum absolute atomic E-state index is 12.0. The maximum atomic E-state index is 12.0. The van der Waals surface area contributed by atoms with Crippen molar-refractivity contribution in [2.75, 3.05) is 19.4 Å². The molecule has 0 bridgehead atoms. The average molecular weight is 238 g/mol. The van der Waals surface area contributed by atoms with Crippen LogP contribution in [0.15, 0.2) is 5.16 Å². The fraction of sp³-hybridized carbons (Fsp3) is 0.875. The molecule has 0 aliphatic carbocycles. The third-order valence-corrected chi connectivity index (χ3v) is 3.33. The van der Waals surface area contributed by atoms with Crippen LogP contribution in [-0.2, 0) is 13.6 Å². The molecular formula is C8H19N2O4P. The Hall–Kier alpha value is -0.580. The first-order valence-corrected chi connectivity index (χ1v) is 6.65. The smallest absolute Gasteiger partial charge is 0.338 e. The summed E-state index contributed by atoms with van der Waals surface area (Å²) in [5.41, 5.74) is 5.27. The molecule has 0 aliphatic rings. The van der Waals surface area contributed by atoms with Crippen molar-refractivity contribution in [3.8, 4) is 0 Å². The molecule has 0 aliphatic heterocycles. The van der Waals surface area contributed by atoms with Crippen molar-refractivity contribution in [1.82, 2.24) is 0 Å². The molecule has 0 radical (unpaired) electrons. The van der Waals surface area contributed by atoms with Crippen LogP contribution in [0.4, 0.5) is 0 Å². The molecule has 15 heavy (non-hydrogen) atoms. The number of hydrogen-bond donors (Lipinski definition) is 2. The summed E-state index contributed by atoms with van der Waals surface area (Å²) in [6.45, 7) is 4.46. The number of rotatable bonds is 8. The molecule has 7 heteroatoms. The molecule has 0 heterocycles. The lowest BCUT2D eigenvalue weighted by molar-refractivity contribution is 0.207. The fourth-order valence-corrected chi connectivity index (χ4v) is 2.46. The molecular weight excluding hydrogens is 219 g/mol. The minimum absolute atomic E-state index is 0.148. The number of nitrogens with two attached hydrogens (primary N) is 1. The van der Waals surface area contributed by atoms with Crippen molar-refractivity contribution in [3.63, 3.8) is 0 Å². The van der Waals surface area contributed by atoms with E-state index in [1.807, 2.05) is 13.8 Å². The standard InChI is InChI=1S/C8H19N2O4P/c1-3-5-13-15(12,14-6-4-2)7-8(9)10-11/h11H,3-7H2,1-2H3,(H2,9,10). The normalized spacial score (nSPS) is 13.1. The number of oxime groups is 1. The topological polar surface area (TPSA) is 94.1 Å². The summed E-state index contributed by atoms with van der Waals surface area (Å²) < 4.78 is 22.2. The summed E-state index contributed by atoms with van der Waals surface area (Å²) in [6, 6.07) is 0. The summed E-state index contributed by atoms with van der Waals surface area (Å²) in [5.74, 6) is -0.148. The van der Waals surface area contributed by atoms with E-state index in [1.165, 1.54) is 0 Å².